The molecule has 0 aliphatic rings. The Labute approximate surface area is 189 Å². The van der Waals surface area contributed by atoms with Gasteiger partial charge in [0.05, 0.1) is 28.6 Å². The van der Waals surface area contributed by atoms with Crippen LogP contribution in [0.4, 0.5) is 5.13 Å². The predicted octanol–water partition coefficient (Wildman–Crippen LogP) is 6.10. The van der Waals surface area contributed by atoms with Gasteiger partial charge in [-0.2, -0.15) is 0 Å². The van der Waals surface area contributed by atoms with Crippen LogP contribution in [0, 0.1) is 13.8 Å². The van der Waals surface area contributed by atoms with Gasteiger partial charge in [-0.3, -0.25) is 4.79 Å². The fourth-order valence-electron chi connectivity index (χ4n) is 3.26. The predicted molar refractivity (Wildman–Crippen MR) is 129 cm³/mol. The SMILES string of the molecule is COc1ccc(-c2csc(NC(=O)C(C)Sc3cc(C)c4cccc(C)c4n3)n2)cc1. The molecule has 5 nitrogen and oxygen atoms in total. The zero-order valence-corrected chi connectivity index (χ0v) is 19.4. The quantitative estimate of drug-likeness (QED) is 0.360. The van der Waals surface area contributed by atoms with Crippen molar-refractivity contribution in [2.24, 2.45) is 0 Å². The molecule has 0 spiro atoms. The molecule has 0 saturated carbocycles. The summed E-state index contributed by atoms with van der Waals surface area (Å²) in [5.74, 6) is 0.705. The maximum Gasteiger partial charge on any atom is 0.239 e. The summed E-state index contributed by atoms with van der Waals surface area (Å²) in [7, 11) is 1.64. The Hall–Kier alpha value is -2.90. The number of rotatable bonds is 6. The van der Waals surface area contributed by atoms with Gasteiger partial charge in [0.1, 0.15) is 5.75 Å². The fraction of sp³-hybridized carbons (Fsp3) is 0.208. The van der Waals surface area contributed by atoms with Gasteiger partial charge in [0.25, 0.3) is 0 Å². The molecular formula is C24H23N3O2S2. The van der Waals surface area contributed by atoms with Crippen LogP contribution in [-0.2, 0) is 4.79 Å². The molecular weight excluding hydrogens is 426 g/mol. The minimum Gasteiger partial charge on any atom is -0.497 e. The van der Waals surface area contributed by atoms with Crippen LogP contribution in [0.25, 0.3) is 22.2 Å². The first-order chi connectivity index (χ1) is 14.9. The van der Waals surface area contributed by atoms with E-state index in [2.05, 4.69) is 36.3 Å². The molecule has 7 heteroatoms. The number of hydrogen-bond acceptors (Lipinski definition) is 6. The number of aromatic nitrogens is 2. The van der Waals surface area contributed by atoms with Gasteiger partial charge in [-0.25, -0.2) is 9.97 Å². The van der Waals surface area contributed by atoms with Crippen LogP contribution in [0.5, 0.6) is 5.75 Å². The van der Waals surface area contributed by atoms with Crippen molar-refractivity contribution in [1.82, 2.24) is 9.97 Å². The summed E-state index contributed by atoms with van der Waals surface area (Å²) in [6.07, 6.45) is 0. The molecule has 4 aromatic rings. The number of nitrogens with zero attached hydrogens (tertiary/aromatic N) is 2. The number of carbonyl (C=O) groups is 1. The minimum atomic E-state index is -0.304. The maximum absolute atomic E-state index is 12.8. The van der Waals surface area contributed by atoms with Gasteiger partial charge in [-0.1, -0.05) is 30.0 Å². The van der Waals surface area contributed by atoms with Crippen molar-refractivity contribution >= 4 is 45.0 Å². The first kappa shape index (κ1) is 21.3. The Morgan fingerprint density at radius 3 is 2.61 bits per heavy atom. The monoisotopic (exact) mass is 449 g/mol. The van der Waals surface area contributed by atoms with E-state index < -0.39 is 0 Å². The van der Waals surface area contributed by atoms with Gasteiger partial charge in [0, 0.05) is 16.3 Å². The molecule has 1 amide bonds. The van der Waals surface area contributed by atoms with Crippen molar-refractivity contribution in [2.75, 3.05) is 12.4 Å². The molecule has 158 valence electrons. The van der Waals surface area contributed by atoms with Crippen LogP contribution in [0.15, 0.2) is 58.9 Å². The summed E-state index contributed by atoms with van der Waals surface area (Å²) in [5.41, 5.74) is 5.08. The van der Waals surface area contributed by atoms with Crippen LogP contribution in [0.3, 0.4) is 0 Å². The summed E-state index contributed by atoms with van der Waals surface area (Å²) in [6.45, 7) is 6.02. The second-order valence-corrected chi connectivity index (χ2v) is 9.48. The van der Waals surface area contributed by atoms with Gasteiger partial charge < -0.3 is 10.1 Å². The van der Waals surface area contributed by atoms with Crippen LogP contribution >= 0.6 is 23.1 Å². The van der Waals surface area contributed by atoms with Crippen molar-refractivity contribution < 1.29 is 9.53 Å². The Kier molecular flexibility index (Phi) is 6.25. The number of aryl methyl sites for hydroxylation is 2. The van der Waals surface area contributed by atoms with Gasteiger partial charge >= 0.3 is 0 Å². The molecule has 0 fully saturated rings. The number of thiazole rings is 1. The third kappa shape index (κ3) is 4.73. The highest BCUT2D eigenvalue weighted by Crippen LogP contribution is 2.30. The average Bonchev–Trinajstić information content (AvgIpc) is 3.23. The molecule has 1 unspecified atom stereocenters. The zero-order valence-electron chi connectivity index (χ0n) is 17.8. The second kappa shape index (κ2) is 9.08. The Morgan fingerprint density at radius 1 is 1.10 bits per heavy atom. The minimum absolute atomic E-state index is 0.0926. The largest absolute Gasteiger partial charge is 0.497 e. The molecule has 31 heavy (non-hydrogen) atoms. The zero-order chi connectivity index (χ0) is 22.0. The maximum atomic E-state index is 12.8. The number of ether oxygens (including phenoxy) is 1. The number of hydrogen-bond donors (Lipinski definition) is 1. The first-order valence-corrected chi connectivity index (χ1v) is 11.6. The summed E-state index contributed by atoms with van der Waals surface area (Å²) >= 11 is 2.87. The lowest BCUT2D eigenvalue weighted by Gasteiger charge is -2.12. The van der Waals surface area contributed by atoms with E-state index in [4.69, 9.17) is 9.72 Å². The van der Waals surface area contributed by atoms with Gasteiger partial charge in [-0.05, 0) is 62.2 Å². The number of amides is 1. The molecule has 2 aromatic carbocycles. The highest BCUT2D eigenvalue weighted by Gasteiger charge is 2.18. The molecule has 0 bridgehead atoms. The number of methoxy groups -OCH3 is 1. The molecule has 0 radical (unpaired) electrons. The molecule has 4 rings (SSSR count). The average molecular weight is 450 g/mol. The first-order valence-electron chi connectivity index (χ1n) is 9.89. The van der Waals surface area contributed by atoms with E-state index in [-0.39, 0.29) is 11.2 Å². The van der Waals surface area contributed by atoms with Crippen LogP contribution in [0.1, 0.15) is 18.1 Å². The number of pyridine rings is 1. The number of fused-ring (bicyclic) bond motifs is 1. The second-order valence-electron chi connectivity index (χ2n) is 7.26. The van der Waals surface area contributed by atoms with Crippen molar-refractivity contribution in [2.45, 2.75) is 31.0 Å². The number of anilines is 1. The molecule has 1 N–H and O–H groups in total. The summed E-state index contributed by atoms with van der Waals surface area (Å²) in [4.78, 5) is 22.1. The molecule has 0 aliphatic carbocycles. The fourth-order valence-corrected chi connectivity index (χ4v) is 4.90. The van der Waals surface area contributed by atoms with E-state index in [9.17, 15) is 4.79 Å². The summed E-state index contributed by atoms with van der Waals surface area (Å²) in [5, 5.41) is 7.15. The number of nitrogens with one attached hydrogen (secondary N) is 1. The van der Waals surface area contributed by atoms with Gasteiger partial charge in [0.15, 0.2) is 5.13 Å². The van der Waals surface area contributed by atoms with Crippen LogP contribution < -0.4 is 10.1 Å². The van der Waals surface area contributed by atoms with E-state index in [1.54, 1.807) is 7.11 Å². The van der Waals surface area contributed by atoms with E-state index in [0.717, 1.165) is 44.1 Å². The Balaban J connectivity index is 1.45. The third-order valence-electron chi connectivity index (χ3n) is 5.01. The Morgan fingerprint density at radius 2 is 1.87 bits per heavy atom. The summed E-state index contributed by atoms with van der Waals surface area (Å²) < 4.78 is 5.19. The van der Waals surface area contributed by atoms with Crippen molar-refractivity contribution in [3.8, 4) is 17.0 Å². The van der Waals surface area contributed by atoms with E-state index >= 15 is 0 Å². The van der Waals surface area contributed by atoms with Crippen molar-refractivity contribution in [1.29, 1.82) is 0 Å². The molecule has 2 aromatic heterocycles. The van der Waals surface area contributed by atoms with E-state index in [1.165, 1.54) is 23.1 Å². The van der Waals surface area contributed by atoms with Gasteiger partial charge in [-0.15, -0.1) is 11.3 Å². The number of thioether (sulfide) groups is 1. The highest BCUT2D eigenvalue weighted by atomic mass is 32.2. The lowest BCUT2D eigenvalue weighted by atomic mass is 10.1. The highest BCUT2D eigenvalue weighted by molar-refractivity contribution is 8.00. The molecule has 1 atom stereocenters. The van der Waals surface area contributed by atoms with Crippen molar-refractivity contribution in [3.63, 3.8) is 0 Å². The van der Waals surface area contributed by atoms with Crippen LogP contribution in [-0.4, -0.2) is 28.2 Å². The summed E-state index contributed by atoms with van der Waals surface area (Å²) in [6, 6.07) is 15.9. The number of para-hydroxylation sites is 1. The number of carbonyl (C=O) groups excluding carboxylic acids is 1. The van der Waals surface area contributed by atoms with Gasteiger partial charge in [0.2, 0.25) is 5.91 Å². The smallest absolute Gasteiger partial charge is 0.239 e. The van der Waals surface area contributed by atoms with Crippen LogP contribution in [0.2, 0.25) is 0 Å². The lowest BCUT2D eigenvalue weighted by molar-refractivity contribution is -0.115. The lowest BCUT2D eigenvalue weighted by Crippen LogP contribution is -2.22. The normalized spacial score (nSPS) is 12.0. The molecule has 0 aliphatic heterocycles. The van der Waals surface area contributed by atoms with E-state index in [1.807, 2.05) is 48.7 Å². The number of benzene rings is 2. The van der Waals surface area contributed by atoms with E-state index in [0.29, 0.717) is 5.13 Å². The third-order valence-corrected chi connectivity index (χ3v) is 6.79. The van der Waals surface area contributed by atoms with Crippen molar-refractivity contribution in [3.05, 3.63) is 65.0 Å². The standard InChI is InChI=1S/C24H23N3O2S2/c1-14-6-5-7-19-15(2)12-21(26-22(14)19)31-16(3)23(28)27-24-25-20(13-30-24)17-8-10-18(29-4)11-9-17/h5-13,16H,1-4H3,(H,25,27,28). The topological polar surface area (TPSA) is 64.1 Å². The molecule has 2 heterocycles. The Bertz CT molecular complexity index is 1240. The molecule has 0 saturated heterocycles.